The Morgan fingerprint density at radius 1 is 1.58 bits per heavy atom. The maximum Gasteiger partial charge on any atom is 0.329 e. The maximum absolute atomic E-state index is 10.7. The molecule has 0 saturated heterocycles. The summed E-state index contributed by atoms with van der Waals surface area (Å²) in [7, 11) is -0.931. The Balaban J connectivity index is 3.56. The van der Waals surface area contributed by atoms with Gasteiger partial charge in [0.1, 0.15) is 6.23 Å². The van der Waals surface area contributed by atoms with Gasteiger partial charge < -0.3 is 9.16 Å². The standard InChI is InChI=1S/C8H15O3Si/c1-4-8(9)10-7-12(6-3)11-5-2/h4H,1,5-7H2,2-3H3. The average Bonchev–Trinajstić information content (AvgIpc) is 2.11. The normalized spacial score (nSPS) is 9.92. The van der Waals surface area contributed by atoms with E-state index in [1.54, 1.807) is 0 Å². The van der Waals surface area contributed by atoms with Crippen LogP contribution in [0.3, 0.4) is 0 Å². The van der Waals surface area contributed by atoms with Gasteiger partial charge in [0, 0.05) is 12.7 Å². The summed E-state index contributed by atoms with van der Waals surface area (Å²) in [5.74, 6) is -0.370. The van der Waals surface area contributed by atoms with Gasteiger partial charge in [-0.25, -0.2) is 4.79 Å². The molecule has 0 unspecified atom stereocenters. The van der Waals surface area contributed by atoms with Gasteiger partial charge in [0.25, 0.3) is 9.04 Å². The molecule has 1 radical (unpaired) electrons. The highest BCUT2D eigenvalue weighted by molar-refractivity contribution is 6.51. The fourth-order valence-corrected chi connectivity index (χ4v) is 1.86. The van der Waals surface area contributed by atoms with Crippen molar-refractivity contribution in [3.05, 3.63) is 12.7 Å². The average molecular weight is 187 g/mol. The number of esters is 1. The van der Waals surface area contributed by atoms with Gasteiger partial charge >= 0.3 is 5.97 Å². The zero-order valence-corrected chi connectivity index (χ0v) is 8.63. The fraction of sp³-hybridized carbons (Fsp3) is 0.625. The maximum atomic E-state index is 10.7. The van der Waals surface area contributed by atoms with E-state index in [4.69, 9.17) is 9.16 Å². The first-order valence-corrected chi connectivity index (χ1v) is 5.83. The second-order valence-electron chi connectivity index (χ2n) is 2.14. The predicted molar refractivity (Wildman–Crippen MR) is 49.0 cm³/mol. The SMILES string of the molecule is C=CC(=O)OC[Si](CC)OCC. The van der Waals surface area contributed by atoms with E-state index in [0.29, 0.717) is 12.8 Å². The molecule has 0 rings (SSSR count). The number of hydrogen-bond donors (Lipinski definition) is 0. The summed E-state index contributed by atoms with van der Waals surface area (Å²) in [6.07, 6.45) is 1.58. The van der Waals surface area contributed by atoms with Gasteiger partial charge in [-0.15, -0.1) is 0 Å². The lowest BCUT2D eigenvalue weighted by atomic mass is 10.7. The van der Waals surface area contributed by atoms with Crippen molar-refractivity contribution < 1.29 is 14.0 Å². The van der Waals surface area contributed by atoms with E-state index in [2.05, 4.69) is 6.58 Å². The van der Waals surface area contributed by atoms with Crippen molar-refractivity contribution in [1.29, 1.82) is 0 Å². The molecule has 12 heavy (non-hydrogen) atoms. The molecule has 0 aromatic rings. The third-order valence-electron chi connectivity index (χ3n) is 1.28. The Bertz CT molecular complexity index is 147. The highest BCUT2D eigenvalue weighted by atomic mass is 28.3. The van der Waals surface area contributed by atoms with Gasteiger partial charge in [0.2, 0.25) is 0 Å². The molecule has 0 atom stereocenters. The van der Waals surface area contributed by atoms with E-state index in [1.807, 2.05) is 13.8 Å². The van der Waals surface area contributed by atoms with Crippen LogP contribution in [0.5, 0.6) is 0 Å². The molecule has 0 fully saturated rings. The van der Waals surface area contributed by atoms with E-state index >= 15 is 0 Å². The number of rotatable bonds is 6. The van der Waals surface area contributed by atoms with Gasteiger partial charge in [0.15, 0.2) is 0 Å². The first kappa shape index (κ1) is 11.4. The monoisotopic (exact) mass is 187 g/mol. The van der Waals surface area contributed by atoms with Crippen LogP contribution in [-0.4, -0.2) is 27.8 Å². The summed E-state index contributed by atoms with van der Waals surface area (Å²) < 4.78 is 10.2. The second-order valence-corrected chi connectivity index (χ2v) is 4.50. The quantitative estimate of drug-likeness (QED) is 0.357. The molecule has 69 valence electrons. The van der Waals surface area contributed by atoms with E-state index in [-0.39, 0.29) is 5.97 Å². The minimum absolute atomic E-state index is 0.370. The van der Waals surface area contributed by atoms with E-state index in [1.165, 1.54) is 6.08 Å². The van der Waals surface area contributed by atoms with Gasteiger partial charge in [-0.3, -0.25) is 0 Å². The van der Waals surface area contributed by atoms with Crippen molar-refractivity contribution in [2.75, 3.05) is 12.8 Å². The third kappa shape index (κ3) is 5.09. The lowest BCUT2D eigenvalue weighted by molar-refractivity contribution is -0.136. The topological polar surface area (TPSA) is 35.5 Å². The van der Waals surface area contributed by atoms with Crippen molar-refractivity contribution in [3.8, 4) is 0 Å². The number of carbonyl (C=O) groups excluding carboxylic acids is 1. The number of hydrogen-bond acceptors (Lipinski definition) is 3. The highest BCUT2D eigenvalue weighted by Crippen LogP contribution is 1.95. The molecule has 0 aliphatic heterocycles. The summed E-state index contributed by atoms with van der Waals surface area (Å²) in [5, 5.41) is 0. The predicted octanol–water partition coefficient (Wildman–Crippen LogP) is 1.30. The second kappa shape index (κ2) is 7.06. The van der Waals surface area contributed by atoms with Crippen molar-refractivity contribution in [2.24, 2.45) is 0 Å². The zero-order chi connectivity index (χ0) is 9.40. The molecule has 0 heterocycles. The van der Waals surface area contributed by atoms with Crippen LogP contribution in [0.1, 0.15) is 13.8 Å². The van der Waals surface area contributed by atoms with Gasteiger partial charge in [-0.2, -0.15) is 0 Å². The van der Waals surface area contributed by atoms with Crippen LogP contribution < -0.4 is 0 Å². The van der Waals surface area contributed by atoms with Crippen molar-refractivity contribution in [2.45, 2.75) is 19.9 Å². The van der Waals surface area contributed by atoms with Crippen molar-refractivity contribution in [3.63, 3.8) is 0 Å². The van der Waals surface area contributed by atoms with E-state index in [9.17, 15) is 4.79 Å². The summed E-state index contributed by atoms with van der Waals surface area (Å²) >= 11 is 0. The molecule has 0 aromatic carbocycles. The summed E-state index contributed by atoms with van der Waals surface area (Å²) in [6, 6.07) is 0.947. The lowest BCUT2D eigenvalue weighted by Gasteiger charge is -2.10. The highest BCUT2D eigenvalue weighted by Gasteiger charge is 2.11. The minimum Gasteiger partial charge on any atom is -0.463 e. The van der Waals surface area contributed by atoms with Crippen LogP contribution in [0.15, 0.2) is 12.7 Å². The van der Waals surface area contributed by atoms with E-state index in [0.717, 1.165) is 6.04 Å². The molecule has 0 spiro atoms. The molecular weight excluding hydrogens is 172 g/mol. The Morgan fingerprint density at radius 3 is 2.67 bits per heavy atom. The Morgan fingerprint density at radius 2 is 2.25 bits per heavy atom. The van der Waals surface area contributed by atoms with Crippen LogP contribution in [0.25, 0.3) is 0 Å². The largest absolute Gasteiger partial charge is 0.463 e. The smallest absolute Gasteiger partial charge is 0.329 e. The first-order valence-electron chi connectivity index (χ1n) is 4.01. The molecule has 4 heteroatoms. The fourth-order valence-electron chi connectivity index (χ4n) is 0.660. The molecule has 0 bridgehead atoms. The Hall–Kier alpha value is -0.613. The molecule has 3 nitrogen and oxygen atoms in total. The van der Waals surface area contributed by atoms with Crippen LogP contribution in [-0.2, 0) is 14.0 Å². The van der Waals surface area contributed by atoms with Crippen molar-refractivity contribution >= 4 is 15.0 Å². The van der Waals surface area contributed by atoms with Crippen LogP contribution >= 0.6 is 0 Å². The van der Waals surface area contributed by atoms with E-state index < -0.39 is 9.04 Å². The summed E-state index contributed by atoms with van der Waals surface area (Å²) in [4.78, 5) is 10.7. The van der Waals surface area contributed by atoms with Crippen LogP contribution in [0, 0.1) is 0 Å². The molecule has 0 aromatic heterocycles. The summed E-state index contributed by atoms with van der Waals surface area (Å²) in [6.45, 7) is 7.97. The summed E-state index contributed by atoms with van der Waals surface area (Å²) in [5.41, 5.74) is 0. The van der Waals surface area contributed by atoms with Gasteiger partial charge in [-0.05, 0) is 13.0 Å². The third-order valence-corrected chi connectivity index (χ3v) is 3.24. The zero-order valence-electron chi connectivity index (χ0n) is 7.63. The number of ether oxygens (including phenoxy) is 1. The Labute approximate surface area is 75.1 Å². The first-order chi connectivity index (χ1) is 5.74. The molecule has 0 aliphatic rings. The van der Waals surface area contributed by atoms with Gasteiger partial charge in [0.05, 0.1) is 0 Å². The molecular formula is C8H15O3Si. The molecule has 0 amide bonds. The minimum atomic E-state index is -0.931. The molecule has 0 N–H and O–H groups in total. The van der Waals surface area contributed by atoms with Crippen LogP contribution in [0.4, 0.5) is 0 Å². The molecule has 0 saturated carbocycles. The Kier molecular flexibility index (Phi) is 6.70. The van der Waals surface area contributed by atoms with Crippen LogP contribution in [0.2, 0.25) is 6.04 Å². The lowest BCUT2D eigenvalue weighted by Crippen LogP contribution is -2.25. The number of carbonyl (C=O) groups is 1. The molecule has 0 aliphatic carbocycles. The van der Waals surface area contributed by atoms with Gasteiger partial charge in [-0.1, -0.05) is 13.5 Å². The van der Waals surface area contributed by atoms with Crippen molar-refractivity contribution in [1.82, 2.24) is 0 Å².